The summed E-state index contributed by atoms with van der Waals surface area (Å²) in [5.41, 5.74) is 0.696. The maximum absolute atomic E-state index is 12.2. The fourth-order valence-electron chi connectivity index (χ4n) is 3.39. The van der Waals surface area contributed by atoms with Crippen LogP contribution in [-0.4, -0.2) is 74.7 Å². The second-order valence-electron chi connectivity index (χ2n) is 6.36. The van der Waals surface area contributed by atoms with Gasteiger partial charge in [0.25, 0.3) is 0 Å². The smallest absolute Gasteiger partial charge is 0.238 e. The molecule has 1 amide bonds. The molecule has 140 valence electrons. The number of nitrogens with one attached hydrogen (secondary N) is 2. The van der Waals surface area contributed by atoms with E-state index in [2.05, 4.69) is 20.4 Å². The molecule has 2 saturated heterocycles. The SMILES string of the molecule is COc1ccc(NC(=O)CN2CCN(C3CCNC3)CC2)cc1Cl.Cl. The average molecular weight is 389 g/mol. The number of nitrogens with zero attached hydrogens (tertiary/aromatic N) is 2. The fourth-order valence-corrected chi connectivity index (χ4v) is 3.64. The number of anilines is 1. The molecular formula is C17H26Cl2N4O2. The van der Waals surface area contributed by atoms with E-state index in [9.17, 15) is 4.79 Å². The lowest BCUT2D eigenvalue weighted by atomic mass is 10.2. The summed E-state index contributed by atoms with van der Waals surface area (Å²) in [5, 5.41) is 6.81. The quantitative estimate of drug-likeness (QED) is 0.803. The van der Waals surface area contributed by atoms with Crippen LogP contribution in [0.4, 0.5) is 5.69 Å². The zero-order chi connectivity index (χ0) is 16.9. The van der Waals surface area contributed by atoms with Crippen LogP contribution in [0.2, 0.25) is 5.02 Å². The van der Waals surface area contributed by atoms with Gasteiger partial charge in [-0.3, -0.25) is 14.6 Å². The molecule has 0 bridgehead atoms. The molecule has 0 aliphatic carbocycles. The second kappa shape index (κ2) is 9.59. The first-order chi connectivity index (χ1) is 11.7. The molecular weight excluding hydrogens is 363 g/mol. The molecule has 6 nitrogen and oxygen atoms in total. The van der Waals surface area contributed by atoms with E-state index in [0.29, 0.717) is 29.0 Å². The molecule has 0 spiro atoms. The van der Waals surface area contributed by atoms with Crippen LogP contribution in [0.15, 0.2) is 18.2 Å². The van der Waals surface area contributed by atoms with Gasteiger partial charge in [0.15, 0.2) is 0 Å². The third-order valence-corrected chi connectivity index (χ3v) is 5.06. The highest BCUT2D eigenvalue weighted by molar-refractivity contribution is 6.32. The molecule has 3 rings (SSSR count). The predicted molar refractivity (Wildman–Crippen MR) is 103 cm³/mol. The Bertz CT molecular complexity index is 574. The third-order valence-electron chi connectivity index (χ3n) is 4.76. The van der Waals surface area contributed by atoms with Crippen molar-refractivity contribution in [3.05, 3.63) is 23.2 Å². The maximum atomic E-state index is 12.2. The van der Waals surface area contributed by atoms with E-state index in [0.717, 1.165) is 39.3 Å². The number of methoxy groups -OCH3 is 1. The van der Waals surface area contributed by atoms with Crippen molar-refractivity contribution in [2.75, 3.05) is 58.2 Å². The molecule has 8 heteroatoms. The van der Waals surface area contributed by atoms with Crippen LogP contribution in [0.1, 0.15) is 6.42 Å². The lowest BCUT2D eigenvalue weighted by molar-refractivity contribution is -0.117. The molecule has 2 heterocycles. The Balaban J connectivity index is 0.00000225. The summed E-state index contributed by atoms with van der Waals surface area (Å²) in [6.45, 7) is 6.58. The van der Waals surface area contributed by atoms with Gasteiger partial charge >= 0.3 is 0 Å². The van der Waals surface area contributed by atoms with Crippen molar-refractivity contribution in [1.29, 1.82) is 0 Å². The van der Waals surface area contributed by atoms with Crippen LogP contribution in [-0.2, 0) is 4.79 Å². The zero-order valence-corrected chi connectivity index (χ0v) is 16.0. The second-order valence-corrected chi connectivity index (χ2v) is 6.76. The Morgan fingerprint density at radius 2 is 2.12 bits per heavy atom. The van der Waals surface area contributed by atoms with Gasteiger partial charge in [-0.25, -0.2) is 0 Å². The lowest BCUT2D eigenvalue weighted by Crippen LogP contribution is -2.52. The molecule has 1 aromatic rings. The van der Waals surface area contributed by atoms with Crippen LogP contribution in [0.25, 0.3) is 0 Å². The van der Waals surface area contributed by atoms with Gasteiger partial charge in [-0.15, -0.1) is 12.4 Å². The summed E-state index contributed by atoms with van der Waals surface area (Å²) in [6.07, 6.45) is 1.23. The number of piperazine rings is 1. The first kappa shape index (κ1) is 20.3. The highest BCUT2D eigenvalue weighted by Gasteiger charge is 2.26. The largest absolute Gasteiger partial charge is 0.495 e. The van der Waals surface area contributed by atoms with Crippen molar-refractivity contribution < 1.29 is 9.53 Å². The van der Waals surface area contributed by atoms with Gasteiger partial charge < -0.3 is 15.4 Å². The Labute approximate surface area is 160 Å². The van der Waals surface area contributed by atoms with Gasteiger partial charge in [-0.2, -0.15) is 0 Å². The van der Waals surface area contributed by atoms with Crippen molar-refractivity contribution in [3.8, 4) is 5.75 Å². The lowest BCUT2D eigenvalue weighted by Gasteiger charge is -2.37. The summed E-state index contributed by atoms with van der Waals surface area (Å²) in [5.74, 6) is 0.597. The summed E-state index contributed by atoms with van der Waals surface area (Å²) in [7, 11) is 1.57. The Morgan fingerprint density at radius 1 is 1.36 bits per heavy atom. The molecule has 2 N–H and O–H groups in total. The van der Waals surface area contributed by atoms with E-state index in [1.54, 1.807) is 25.3 Å². The third kappa shape index (κ3) is 5.46. The number of rotatable bonds is 5. The summed E-state index contributed by atoms with van der Waals surface area (Å²) < 4.78 is 5.12. The highest BCUT2D eigenvalue weighted by Crippen LogP contribution is 2.27. The van der Waals surface area contributed by atoms with Crippen LogP contribution in [0.5, 0.6) is 5.75 Å². The molecule has 25 heavy (non-hydrogen) atoms. The normalized spacial score (nSPS) is 21.6. The zero-order valence-electron chi connectivity index (χ0n) is 14.5. The van der Waals surface area contributed by atoms with E-state index in [-0.39, 0.29) is 18.3 Å². The van der Waals surface area contributed by atoms with Gasteiger partial charge in [0.05, 0.1) is 18.7 Å². The maximum Gasteiger partial charge on any atom is 0.238 e. The topological polar surface area (TPSA) is 56.8 Å². The van der Waals surface area contributed by atoms with Crippen molar-refractivity contribution >= 4 is 35.6 Å². The number of carbonyl (C=O) groups excluding carboxylic acids is 1. The number of benzene rings is 1. The monoisotopic (exact) mass is 388 g/mol. The Kier molecular flexibility index (Phi) is 7.78. The van der Waals surface area contributed by atoms with Crippen LogP contribution in [0, 0.1) is 0 Å². The summed E-state index contributed by atoms with van der Waals surface area (Å²) in [6, 6.07) is 5.94. The van der Waals surface area contributed by atoms with Gasteiger partial charge in [-0.05, 0) is 31.2 Å². The molecule has 2 fully saturated rings. The van der Waals surface area contributed by atoms with Crippen molar-refractivity contribution in [2.24, 2.45) is 0 Å². The fraction of sp³-hybridized carbons (Fsp3) is 0.588. The van der Waals surface area contributed by atoms with E-state index >= 15 is 0 Å². The number of halogens is 2. The van der Waals surface area contributed by atoms with Crippen LogP contribution in [0.3, 0.4) is 0 Å². The molecule has 2 aliphatic heterocycles. The molecule has 2 aliphatic rings. The Hall–Kier alpha value is -1.05. The van der Waals surface area contributed by atoms with E-state index in [1.807, 2.05) is 0 Å². The minimum Gasteiger partial charge on any atom is -0.495 e. The first-order valence-corrected chi connectivity index (χ1v) is 8.84. The number of amides is 1. The predicted octanol–water partition coefficient (Wildman–Crippen LogP) is 1.69. The molecule has 1 unspecified atom stereocenters. The molecule has 1 aromatic carbocycles. The number of carbonyl (C=O) groups is 1. The van der Waals surface area contributed by atoms with Crippen LogP contribution < -0.4 is 15.4 Å². The molecule has 1 atom stereocenters. The molecule has 0 radical (unpaired) electrons. The van der Waals surface area contributed by atoms with Crippen molar-refractivity contribution in [3.63, 3.8) is 0 Å². The standard InChI is InChI=1S/C17H25ClN4O2.ClH/c1-24-16-3-2-13(10-15(16)18)20-17(23)12-21-6-8-22(9-7-21)14-4-5-19-11-14;/h2-3,10,14,19H,4-9,11-12H2,1H3,(H,20,23);1H. The van der Waals surface area contributed by atoms with E-state index in [1.165, 1.54) is 6.42 Å². The number of hydrogen-bond donors (Lipinski definition) is 2. The Morgan fingerprint density at radius 3 is 2.72 bits per heavy atom. The first-order valence-electron chi connectivity index (χ1n) is 8.46. The number of hydrogen-bond acceptors (Lipinski definition) is 5. The summed E-state index contributed by atoms with van der Waals surface area (Å²) in [4.78, 5) is 17.0. The highest BCUT2D eigenvalue weighted by atomic mass is 35.5. The molecule has 0 saturated carbocycles. The van der Waals surface area contributed by atoms with Crippen LogP contribution >= 0.6 is 24.0 Å². The van der Waals surface area contributed by atoms with Crippen molar-refractivity contribution in [2.45, 2.75) is 12.5 Å². The van der Waals surface area contributed by atoms with Gasteiger partial charge in [0.2, 0.25) is 5.91 Å². The van der Waals surface area contributed by atoms with Gasteiger partial charge in [0, 0.05) is 44.5 Å². The summed E-state index contributed by atoms with van der Waals surface area (Å²) >= 11 is 6.09. The average Bonchev–Trinajstić information content (AvgIpc) is 3.10. The minimum atomic E-state index is -0.00721. The minimum absolute atomic E-state index is 0. The number of ether oxygens (including phenoxy) is 1. The van der Waals surface area contributed by atoms with E-state index < -0.39 is 0 Å². The van der Waals surface area contributed by atoms with Gasteiger partial charge in [-0.1, -0.05) is 11.6 Å². The van der Waals surface area contributed by atoms with Gasteiger partial charge in [0.1, 0.15) is 5.75 Å². The van der Waals surface area contributed by atoms with E-state index in [4.69, 9.17) is 16.3 Å². The molecule has 0 aromatic heterocycles. The van der Waals surface area contributed by atoms with Crippen molar-refractivity contribution in [1.82, 2.24) is 15.1 Å².